The summed E-state index contributed by atoms with van der Waals surface area (Å²) in [6.45, 7) is 14.7. The highest BCUT2D eigenvalue weighted by Crippen LogP contribution is 2.40. The third kappa shape index (κ3) is 5.79. The molecule has 0 spiro atoms. The average molecular weight is 655 g/mol. The van der Waals surface area contributed by atoms with Gasteiger partial charge in [0.25, 0.3) is 31.6 Å². The summed E-state index contributed by atoms with van der Waals surface area (Å²) in [7, 11) is -9.80. The van der Waals surface area contributed by atoms with Crippen LogP contribution in [0.15, 0.2) is 62.5 Å². The van der Waals surface area contributed by atoms with Crippen molar-refractivity contribution >= 4 is 48.8 Å². The van der Waals surface area contributed by atoms with Crippen LogP contribution in [0.3, 0.4) is 0 Å². The molecule has 3 aromatic heterocycles. The lowest BCUT2D eigenvalue weighted by molar-refractivity contribution is -0.384. The van der Waals surface area contributed by atoms with E-state index >= 15 is 0 Å². The Morgan fingerprint density at radius 3 is 2.36 bits per heavy atom. The Kier molecular flexibility index (Phi) is 7.37. The van der Waals surface area contributed by atoms with Gasteiger partial charge in [0.05, 0.1) is 33.5 Å². The summed E-state index contributed by atoms with van der Waals surface area (Å²) in [4.78, 5) is 17.1. The van der Waals surface area contributed by atoms with Gasteiger partial charge in [-0.25, -0.2) is 14.5 Å². The lowest BCUT2D eigenvalue weighted by Crippen LogP contribution is -2.12. The Balaban J connectivity index is 1.74. The lowest BCUT2D eigenvalue weighted by Gasteiger charge is -2.16. The molecule has 0 atom stereocenters. The zero-order chi connectivity index (χ0) is 33.1. The van der Waals surface area contributed by atoms with Gasteiger partial charge in [0.15, 0.2) is 17.3 Å². The van der Waals surface area contributed by atoms with Gasteiger partial charge in [-0.05, 0) is 25.1 Å². The number of rotatable bonds is 7. The first-order valence-corrected chi connectivity index (χ1v) is 15.5. The predicted octanol–water partition coefficient (Wildman–Crippen LogP) is 4.88. The number of nitro groups is 1. The van der Waals surface area contributed by atoms with Gasteiger partial charge in [-0.1, -0.05) is 32.9 Å². The van der Waals surface area contributed by atoms with Crippen LogP contribution in [0.1, 0.15) is 32.2 Å². The number of benzene rings is 2. The molecule has 20 heteroatoms. The van der Waals surface area contributed by atoms with Crippen LogP contribution in [0.25, 0.3) is 27.6 Å². The largest absolute Gasteiger partial charge is 0.296 e. The number of nitro benzene ring substituents is 1. The highest BCUT2D eigenvalue weighted by Gasteiger charge is 2.28. The summed E-state index contributed by atoms with van der Waals surface area (Å²) in [5.41, 5.74) is -0.275. The molecule has 0 bridgehead atoms. The van der Waals surface area contributed by atoms with Gasteiger partial charge in [0.2, 0.25) is 5.65 Å². The number of H-pyrrole nitrogens is 1. The summed E-state index contributed by atoms with van der Waals surface area (Å²) in [5, 5.41) is 31.4. The molecule has 3 heterocycles. The molecule has 2 aromatic carbocycles. The summed E-state index contributed by atoms with van der Waals surface area (Å²) in [6.07, 6.45) is 0. The average Bonchev–Trinajstić information content (AvgIpc) is 3.61. The molecule has 45 heavy (non-hydrogen) atoms. The second-order valence-electron chi connectivity index (χ2n) is 10.6. The van der Waals surface area contributed by atoms with Gasteiger partial charge < -0.3 is 0 Å². The Hall–Kier alpha value is -5.36. The van der Waals surface area contributed by atoms with Crippen LogP contribution in [-0.2, 0) is 25.7 Å². The summed E-state index contributed by atoms with van der Waals surface area (Å²) in [5.74, 6) is -0.207. The maximum Gasteiger partial charge on any atom is 0.296 e. The van der Waals surface area contributed by atoms with Crippen molar-refractivity contribution in [1.82, 2.24) is 29.6 Å². The molecule has 0 amide bonds. The van der Waals surface area contributed by atoms with Gasteiger partial charge in [-0.2, -0.15) is 26.6 Å². The molecule has 0 saturated heterocycles. The van der Waals surface area contributed by atoms with E-state index in [-0.39, 0.29) is 40.0 Å². The molecule has 232 valence electrons. The number of azo groups is 1. The predicted molar refractivity (Wildman–Crippen MR) is 156 cm³/mol. The summed E-state index contributed by atoms with van der Waals surface area (Å²) < 4.78 is 69.7. The van der Waals surface area contributed by atoms with Crippen molar-refractivity contribution in [2.24, 2.45) is 10.2 Å². The van der Waals surface area contributed by atoms with Crippen LogP contribution in [0.4, 0.5) is 22.9 Å². The number of nitrogens with zero attached hydrogens (tertiary/aromatic N) is 9. The van der Waals surface area contributed by atoms with Crippen molar-refractivity contribution in [3.8, 4) is 17.1 Å². The monoisotopic (exact) mass is 654 g/mol. The van der Waals surface area contributed by atoms with E-state index in [0.29, 0.717) is 11.3 Å². The molecule has 5 rings (SSSR count). The van der Waals surface area contributed by atoms with E-state index in [9.17, 15) is 36.1 Å². The fraction of sp³-hybridized carbons (Fsp3) is 0.200. The maximum absolute atomic E-state index is 12.2. The highest BCUT2D eigenvalue weighted by molar-refractivity contribution is 7.86. The molecule has 0 aliphatic rings. The summed E-state index contributed by atoms with van der Waals surface area (Å²) >= 11 is 0. The molecule has 5 aromatic rings. The highest BCUT2D eigenvalue weighted by atomic mass is 32.2. The van der Waals surface area contributed by atoms with E-state index in [4.69, 9.17) is 6.57 Å². The molecule has 0 aliphatic heterocycles. The van der Waals surface area contributed by atoms with Crippen LogP contribution >= 0.6 is 0 Å². The van der Waals surface area contributed by atoms with Gasteiger partial charge >= 0.3 is 0 Å². The third-order valence-electron chi connectivity index (χ3n) is 6.43. The van der Waals surface area contributed by atoms with Gasteiger partial charge in [-0.3, -0.25) is 24.3 Å². The molecular weight excluding hydrogens is 632 g/mol. The number of fused-ring (bicyclic) bond motifs is 1. The van der Waals surface area contributed by atoms with Crippen LogP contribution in [0, 0.1) is 23.6 Å². The topological polar surface area (TPSA) is 245 Å². The van der Waals surface area contributed by atoms with Crippen LogP contribution in [-0.4, -0.2) is 60.5 Å². The van der Waals surface area contributed by atoms with Crippen molar-refractivity contribution in [2.45, 2.75) is 42.9 Å². The second-order valence-corrected chi connectivity index (χ2v) is 13.4. The van der Waals surface area contributed by atoms with Crippen LogP contribution in [0.2, 0.25) is 0 Å². The van der Waals surface area contributed by atoms with Crippen molar-refractivity contribution in [3.63, 3.8) is 0 Å². The Labute approximate surface area is 254 Å². The minimum absolute atomic E-state index is 0.0585. The first-order chi connectivity index (χ1) is 20.9. The molecule has 0 unspecified atom stereocenters. The fourth-order valence-corrected chi connectivity index (χ4v) is 5.50. The van der Waals surface area contributed by atoms with E-state index in [1.165, 1.54) is 29.8 Å². The van der Waals surface area contributed by atoms with Gasteiger partial charge in [-0.15, -0.1) is 15.3 Å². The number of nitrogens with one attached hydrogen (secondary N) is 1. The van der Waals surface area contributed by atoms with E-state index < -0.39 is 46.1 Å². The third-order valence-corrected chi connectivity index (χ3v) is 8.19. The zero-order valence-corrected chi connectivity index (χ0v) is 25.4. The van der Waals surface area contributed by atoms with Crippen LogP contribution < -0.4 is 0 Å². The molecule has 18 nitrogen and oxygen atoms in total. The molecule has 3 N–H and O–H groups in total. The second kappa shape index (κ2) is 10.7. The molecule has 0 fully saturated rings. The number of aryl methyl sites for hydroxylation is 1. The Morgan fingerprint density at radius 1 is 1.04 bits per heavy atom. The number of aromatic amines is 1. The zero-order valence-electron chi connectivity index (χ0n) is 23.7. The van der Waals surface area contributed by atoms with Crippen LogP contribution in [0.5, 0.6) is 0 Å². The minimum Gasteiger partial charge on any atom is -0.282 e. The molecule has 0 saturated carbocycles. The van der Waals surface area contributed by atoms with Crippen molar-refractivity contribution in [3.05, 3.63) is 75.4 Å². The van der Waals surface area contributed by atoms with E-state index in [1.807, 2.05) is 20.8 Å². The van der Waals surface area contributed by atoms with Gasteiger partial charge in [0, 0.05) is 23.1 Å². The molecule has 0 aliphatic carbocycles. The van der Waals surface area contributed by atoms with Crippen molar-refractivity contribution < 1.29 is 30.9 Å². The Morgan fingerprint density at radius 2 is 1.76 bits per heavy atom. The number of non-ortho nitro benzene ring substituents is 1. The number of aromatic nitrogens is 6. The minimum atomic E-state index is -4.97. The first-order valence-electron chi connectivity index (χ1n) is 12.6. The Bertz CT molecular complexity index is 2320. The smallest absolute Gasteiger partial charge is 0.282 e. The van der Waals surface area contributed by atoms with E-state index in [2.05, 4.69) is 35.4 Å². The lowest BCUT2D eigenvalue weighted by atomic mass is 9.91. The fourth-order valence-electron chi connectivity index (χ4n) is 4.35. The van der Waals surface area contributed by atoms with Gasteiger partial charge in [0.1, 0.15) is 4.90 Å². The first kappa shape index (κ1) is 31.1. The molecule has 0 radical (unpaired) electrons. The van der Waals surface area contributed by atoms with Crippen molar-refractivity contribution in [1.29, 1.82) is 0 Å². The van der Waals surface area contributed by atoms with E-state index in [0.717, 1.165) is 22.9 Å². The van der Waals surface area contributed by atoms with E-state index in [1.54, 1.807) is 6.07 Å². The molecular formula is C25H22N10O8S2. The SMILES string of the molecule is [C-]#[N+]c1c(C)nn(-c2cc(S(=O)(=O)O)ccc2S(=O)(=O)O)c1N=Nc1c(C(C)(C)C)[nH]n2nc(-c3cccc([N+](=O)[O-])c3)nc12. The number of hydrogen-bond acceptors (Lipinski definition) is 11. The number of hydrogen-bond donors (Lipinski definition) is 3. The maximum atomic E-state index is 12.2. The summed E-state index contributed by atoms with van der Waals surface area (Å²) in [6, 6.07) is 7.96. The standard InChI is InChI=1S/C25H22N10O8S2/c1-13-19(26-5)24(33(30-13)17-12-16(44(38,39)40)9-10-18(17)45(41,42)43)29-28-20-21(25(2,3)4)31-34-23(20)27-22(32-34)14-7-6-8-15(11-14)35(36)37/h6-12,31H,1-4H3,(H,38,39,40)(H,41,42,43). The quantitative estimate of drug-likeness (QED) is 0.0701. The van der Waals surface area contributed by atoms with Crippen molar-refractivity contribution in [2.75, 3.05) is 0 Å². The normalized spacial score (nSPS) is 12.6.